The maximum Gasteiger partial charge on any atom is 0.410 e. The van der Waals surface area contributed by atoms with Gasteiger partial charge in [0.1, 0.15) is 24.0 Å². The molecule has 1 aliphatic heterocycles. The van der Waals surface area contributed by atoms with Gasteiger partial charge >= 0.3 is 12.1 Å². The number of benzene rings is 3. The van der Waals surface area contributed by atoms with Gasteiger partial charge < -0.3 is 18.9 Å². The summed E-state index contributed by atoms with van der Waals surface area (Å²) in [4.78, 5) is 46.4. The molecule has 3 aromatic rings. The summed E-state index contributed by atoms with van der Waals surface area (Å²) in [5.74, 6) is -0.738. The van der Waals surface area contributed by atoms with Crippen LogP contribution in [0.25, 0.3) is 11.1 Å². The number of carbonyl (C=O) groups excluding carboxylic acids is 3. The van der Waals surface area contributed by atoms with Crippen molar-refractivity contribution in [2.75, 3.05) is 27.4 Å². The van der Waals surface area contributed by atoms with E-state index in [-0.39, 0.29) is 18.9 Å². The SMILES string of the molecule is COc1cc(CCC(C(=O)OC(C)(C)C)N(C)C(=O)OCC2c3ccccc3-c3ccccc32)ccc1C(=O)NOC1CCCCO1. The van der Waals surface area contributed by atoms with E-state index in [9.17, 15) is 14.4 Å². The summed E-state index contributed by atoms with van der Waals surface area (Å²) in [5, 5.41) is 0. The number of rotatable bonds is 11. The lowest BCUT2D eigenvalue weighted by atomic mass is 9.98. The van der Waals surface area contributed by atoms with Gasteiger partial charge in [0.15, 0.2) is 6.29 Å². The minimum atomic E-state index is -0.914. The molecule has 0 bridgehead atoms. The summed E-state index contributed by atoms with van der Waals surface area (Å²) in [6.45, 7) is 6.09. The summed E-state index contributed by atoms with van der Waals surface area (Å²) in [6, 6.07) is 20.5. The van der Waals surface area contributed by atoms with Crippen LogP contribution in [0.2, 0.25) is 0 Å². The summed E-state index contributed by atoms with van der Waals surface area (Å²) in [5.41, 5.74) is 7.29. The van der Waals surface area contributed by atoms with Gasteiger partial charge in [0.2, 0.25) is 0 Å². The van der Waals surface area contributed by atoms with Crippen LogP contribution in [-0.2, 0) is 30.3 Å². The molecule has 2 atom stereocenters. The van der Waals surface area contributed by atoms with Gasteiger partial charge in [0, 0.05) is 26.0 Å². The van der Waals surface area contributed by atoms with Gasteiger partial charge in [-0.1, -0.05) is 54.6 Å². The Balaban J connectivity index is 1.25. The first-order chi connectivity index (χ1) is 22.6. The maximum atomic E-state index is 13.5. The van der Waals surface area contributed by atoms with Crippen LogP contribution < -0.4 is 10.2 Å². The molecule has 2 amide bonds. The third-order valence-electron chi connectivity index (χ3n) is 8.41. The van der Waals surface area contributed by atoms with Gasteiger partial charge in [-0.15, -0.1) is 0 Å². The van der Waals surface area contributed by atoms with E-state index >= 15 is 0 Å². The molecule has 2 aliphatic rings. The van der Waals surface area contributed by atoms with Crippen LogP contribution in [0.15, 0.2) is 66.7 Å². The molecule has 3 aromatic carbocycles. The molecule has 1 saturated heterocycles. The fraction of sp³-hybridized carbons (Fsp3) is 0.432. The Labute approximate surface area is 276 Å². The molecule has 0 saturated carbocycles. The van der Waals surface area contributed by atoms with Gasteiger partial charge in [-0.3, -0.25) is 9.69 Å². The van der Waals surface area contributed by atoms with Crippen molar-refractivity contribution in [1.29, 1.82) is 0 Å². The summed E-state index contributed by atoms with van der Waals surface area (Å²) >= 11 is 0. The van der Waals surface area contributed by atoms with Crippen molar-refractivity contribution in [2.24, 2.45) is 0 Å². The number of hydroxylamine groups is 1. The molecule has 5 rings (SSSR count). The summed E-state index contributed by atoms with van der Waals surface area (Å²) < 4.78 is 22.6. The van der Waals surface area contributed by atoms with E-state index in [1.165, 1.54) is 12.0 Å². The summed E-state index contributed by atoms with van der Waals surface area (Å²) in [7, 11) is 3.03. The Hall–Kier alpha value is -4.41. The Morgan fingerprint density at radius 1 is 0.979 bits per heavy atom. The van der Waals surface area contributed by atoms with E-state index in [1.54, 1.807) is 46.0 Å². The minimum absolute atomic E-state index is 0.108. The zero-order valence-corrected chi connectivity index (χ0v) is 27.7. The zero-order chi connectivity index (χ0) is 33.6. The molecule has 2 unspecified atom stereocenters. The number of amides is 2. The second-order valence-electron chi connectivity index (χ2n) is 12.9. The normalized spacial score (nSPS) is 16.4. The van der Waals surface area contributed by atoms with Crippen LogP contribution in [0.1, 0.15) is 79.4 Å². The number of nitrogens with zero attached hydrogens (tertiary/aromatic N) is 1. The van der Waals surface area contributed by atoms with Gasteiger partial charge in [0.25, 0.3) is 5.91 Å². The predicted molar refractivity (Wildman–Crippen MR) is 176 cm³/mol. The first-order valence-electron chi connectivity index (χ1n) is 16.1. The Morgan fingerprint density at radius 2 is 1.66 bits per heavy atom. The van der Waals surface area contributed by atoms with Gasteiger partial charge in [-0.05, 0) is 86.4 Å². The van der Waals surface area contributed by atoms with Crippen LogP contribution in [-0.4, -0.2) is 68.2 Å². The van der Waals surface area contributed by atoms with E-state index < -0.39 is 35.9 Å². The fourth-order valence-corrected chi connectivity index (χ4v) is 6.02. The van der Waals surface area contributed by atoms with E-state index in [2.05, 4.69) is 29.7 Å². The quantitative estimate of drug-likeness (QED) is 0.188. The summed E-state index contributed by atoms with van der Waals surface area (Å²) in [6.07, 6.45) is 2.21. The number of methoxy groups -OCH3 is 1. The van der Waals surface area contributed by atoms with Gasteiger partial charge in [-0.2, -0.15) is 0 Å². The highest BCUT2D eigenvalue weighted by atomic mass is 16.8. The van der Waals surface area contributed by atoms with Crippen molar-refractivity contribution >= 4 is 18.0 Å². The molecule has 250 valence electrons. The number of nitrogens with one attached hydrogen (secondary N) is 1. The number of hydrogen-bond acceptors (Lipinski definition) is 8. The average molecular weight is 645 g/mol. The molecule has 47 heavy (non-hydrogen) atoms. The molecule has 0 spiro atoms. The van der Waals surface area contributed by atoms with Crippen molar-refractivity contribution in [3.8, 4) is 16.9 Å². The number of hydrogen-bond donors (Lipinski definition) is 1. The Morgan fingerprint density at radius 3 is 2.28 bits per heavy atom. The number of fused-ring (bicyclic) bond motifs is 3. The lowest BCUT2D eigenvalue weighted by Crippen LogP contribution is -2.46. The second-order valence-corrected chi connectivity index (χ2v) is 12.9. The van der Waals surface area contributed by atoms with Crippen molar-refractivity contribution in [1.82, 2.24) is 10.4 Å². The number of ether oxygens (including phenoxy) is 4. The first-order valence-corrected chi connectivity index (χ1v) is 16.1. The smallest absolute Gasteiger partial charge is 0.410 e. The fourth-order valence-electron chi connectivity index (χ4n) is 6.02. The van der Waals surface area contributed by atoms with E-state index in [1.807, 2.05) is 24.3 Å². The van der Waals surface area contributed by atoms with E-state index in [0.29, 0.717) is 30.8 Å². The number of aryl methyl sites for hydroxylation is 1. The van der Waals surface area contributed by atoms with Crippen molar-refractivity contribution in [2.45, 2.75) is 76.7 Å². The highest BCUT2D eigenvalue weighted by Gasteiger charge is 2.34. The molecular formula is C37H44N2O8. The third-order valence-corrected chi connectivity index (χ3v) is 8.41. The average Bonchev–Trinajstić information content (AvgIpc) is 3.39. The molecular weight excluding hydrogens is 600 g/mol. The molecule has 0 radical (unpaired) electrons. The Bertz CT molecular complexity index is 1530. The highest BCUT2D eigenvalue weighted by Crippen LogP contribution is 2.44. The molecule has 0 aromatic heterocycles. The van der Waals surface area contributed by atoms with Crippen molar-refractivity contribution in [3.63, 3.8) is 0 Å². The topological polar surface area (TPSA) is 113 Å². The van der Waals surface area contributed by atoms with Crippen molar-refractivity contribution in [3.05, 3.63) is 89.0 Å². The monoisotopic (exact) mass is 644 g/mol. The second kappa shape index (κ2) is 15.0. The maximum absolute atomic E-state index is 13.5. The largest absolute Gasteiger partial charge is 0.496 e. The van der Waals surface area contributed by atoms with Crippen LogP contribution >= 0.6 is 0 Å². The lowest BCUT2D eigenvalue weighted by molar-refractivity contribution is -0.186. The number of carbonyl (C=O) groups is 3. The lowest BCUT2D eigenvalue weighted by Gasteiger charge is -2.30. The molecule has 1 fully saturated rings. The van der Waals surface area contributed by atoms with Crippen molar-refractivity contribution < 1.29 is 38.2 Å². The van der Waals surface area contributed by atoms with E-state index in [0.717, 1.165) is 40.7 Å². The standard InChI is InChI=1S/C37H44N2O8/c1-37(2,3)46-35(41)31(20-18-24-17-19-29(32(22-24)43-5)34(40)38-47-33-16-10-11-21-44-33)39(4)36(42)45-23-30-27-14-8-6-12-25(27)26-13-7-9-15-28(26)30/h6-9,12-15,17,19,22,30-31,33H,10-11,16,18,20-21,23H2,1-5H3,(H,38,40). The minimum Gasteiger partial charge on any atom is -0.496 e. The molecule has 1 heterocycles. The van der Waals surface area contributed by atoms with Crippen LogP contribution in [0.3, 0.4) is 0 Å². The Kier molecular flexibility index (Phi) is 10.8. The van der Waals surface area contributed by atoms with Crippen LogP contribution in [0.5, 0.6) is 5.75 Å². The van der Waals surface area contributed by atoms with Crippen LogP contribution in [0.4, 0.5) is 4.79 Å². The molecule has 1 aliphatic carbocycles. The van der Waals surface area contributed by atoms with Gasteiger partial charge in [-0.25, -0.2) is 19.9 Å². The van der Waals surface area contributed by atoms with Crippen LogP contribution in [0, 0.1) is 0 Å². The number of esters is 1. The molecule has 1 N–H and O–H groups in total. The predicted octanol–water partition coefficient (Wildman–Crippen LogP) is 6.41. The molecule has 10 nitrogen and oxygen atoms in total. The van der Waals surface area contributed by atoms with E-state index in [4.69, 9.17) is 23.8 Å². The highest BCUT2D eigenvalue weighted by molar-refractivity contribution is 5.96. The number of likely N-dealkylation sites (N-methyl/N-ethyl adjacent to an activating group) is 1. The van der Waals surface area contributed by atoms with Gasteiger partial charge in [0.05, 0.1) is 12.7 Å². The third kappa shape index (κ3) is 8.31. The zero-order valence-electron chi connectivity index (χ0n) is 27.7. The first kappa shape index (κ1) is 33.9. The molecule has 10 heteroatoms.